The zero-order chi connectivity index (χ0) is 19.2. The summed E-state index contributed by atoms with van der Waals surface area (Å²) in [5.41, 5.74) is 1.69. The first kappa shape index (κ1) is 20.3. The molecule has 1 amide bonds. The molecule has 0 fully saturated rings. The number of nitrogens with zero attached hydrogens (tertiary/aromatic N) is 1. The fourth-order valence-electron chi connectivity index (χ4n) is 2.31. The van der Waals surface area contributed by atoms with Crippen LogP contribution in [-0.4, -0.2) is 30.2 Å². The van der Waals surface area contributed by atoms with E-state index in [2.05, 4.69) is 15.9 Å². The van der Waals surface area contributed by atoms with E-state index in [0.717, 1.165) is 21.3 Å². The van der Waals surface area contributed by atoms with Gasteiger partial charge >= 0.3 is 6.09 Å². The lowest BCUT2D eigenvalue weighted by molar-refractivity contribution is 0.0300. The number of rotatable bonds is 6. The molecular weight excluding hydrogens is 394 g/mol. The van der Waals surface area contributed by atoms with Crippen molar-refractivity contribution in [3.8, 4) is 5.75 Å². The highest BCUT2D eigenvalue weighted by Crippen LogP contribution is 2.21. The van der Waals surface area contributed by atoms with Gasteiger partial charge in [0.25, 0.3) is 0 Å². The number of ether oxygens (including phenoxy) is 2. The lowest BCUT2D eigenvalue weighted by Crippen LogP contribution is -2.35. The molecule has 0 saturated heterocycles. The molecule has 0 unspecified atom stereocenters. The van der Waals surface area contributed by atoms with Gasteiger partial charge in [0.15, 0.2) is 0 Å². The summed E-state index contributed by atoms with van der Waals surface area (Å²) in [5.74, 6) is 0.841. The van der Waals surface area contributed by atoms with Crippen LogP contribution in [0, 0.1) is 0 Å². The Bertz CT molecular complexity index is 723. The largest absolute Gasteiger partial charge is 0.489 e. The van der Waals surface area contributed by atoms with E-state index in [0.29, 0.717) is 19.6 Å². The molecular formula is C21H26BrNO3. The average Bonchev–Trinajstić information content (AvgIpc) is 2.58. The van der Waals surface area contributed by atoms with Crippen molar-refractivity contribution in [2.75, 3.05) is 13.6 Å². The molecule has 0 aromatic heterocycles. The van der Waals surface area contributed by atoms with Crippen LogP contribution in [0.5, 0.6) is 5.75 Å². The predicted molar refractivity (Wildman–Crippen MR) is 107 cm³/mol. The quantitative estimate of drug-likeness (QED) is 0.625. The maximum atomic E-state index is 12.1. The number of hydrogen-bond acceptors (Lipinski definition) is 3. The lowest BCUT2D eigenvalue weighted by Gasteiger charge is -2.24. The van der Waals surface area contributed by atoms with Crippen molar-refractivity contribution in [2.24, 2.45) is 0 Å². The van der Waals surface area contributed by atoms with Gasteiger partial charge in [0.1, 0.15) is 18.0 Å². The summed E-state index contributed by atoms with van der Waals surface area (Å²) in [6, 6.07) is 16.0. The third-order valence-electron chi connectivity index (χ3n) is 3.70. The van der Waals surface area contributed by atoms with Crippen LogP contribution in [0.4, 0.5) is 4.79 Å². The fourth-order valence-corrected chi connectivity index (χ4v) is 2.58. The van der Waals surface area contributed by atoms with Gasteiger partial charge in [-0.3, -0.25) is 0 Å². The van der Waals surface area contributed by atoms with Crippen molar-refractivity contribution in [1.29, 1.82) is 0 Å². The SMILES string of the molecule is CN(CCc1ccccc1OCc1ccc(Br)cc1)C(=O)OC(C)(C)C. The van der Waals surface area contributed by atoms with Gasteiger partial charge in [-0.25, -0.2) is 4.79 Å². The van der Waals surface area contributed by atoms with Gasteiger partial charge < -0.3 is 14.4 Å². The Morgan fingerprint density at radius 2 is 1.73 bits per heavy atom. The molecule has 26 heavy (non-hydrogen) atoms. The predicted octanol–water partition coefficient (Wildman–Crippen LogP) is 5.44. The van der Waals surface area contributed by atoms with Crippen molar-refractivity contribution in [3.63, 3.8) is 0 Å². The molecule has 140 valence electrons. The minimum atomic E-state index is -0.489. The molecule has 2 aromatic rings. The molecule has 0 radical (unpaired) electrons. The number of likely N-dealkylation sites (N-methyl/N-ethyl adjacent to an activating group) is 1. The van der Waals surface area contributed by atoms with Crippen molar-refractivity contribution in [3.05, 3.63) is 64.1 Å². The van der Waals surface area contributed by atoms with Crippen molar-refractivity contribution >= 4 is 22.0 Å². The maximum absolute atomic E-state index is 12.1. The summed E-state index contributed by atoms with van der Waals surface area (Å²) in [5, 5.41) is 0. The minimum absolute atomic E-state index is 0.314. The highest BCUT2D eigenvalue weighted by atomic mass is 79.9. The topological polar surface area (TPSA) is 38.8 Å². The zero-order valence-electron chi connectivity index (χ0n) is 15.8. The Morgan fingerprint density at radius 1 is 1.08 bits per heavy atom. The summed E-state index contributed by atoms with van der Waals surface area (Å²) in [6.45, 7) is 6.66. The second-order valence-electron chi connectivity index (χ2n) is 7.17. The molecule has 5 heteroatoms. The number of halogens is 1. The fraction of sp³-hybridized carbons (Fsp3) is 0.381. The monoisotopic (exact) mass is 419 g/mol. The smallest absolute Gasteiger partial charge is 0.410 e. The van der Waals surface area contributed by atoms with E-state index < -0.39 is 5.60 Å². The van der Waals surface area contributed by atoms with Crippen LogP contribution >= 0.6 is 15.9 Å². The Balaban J connectivity index is 1.93. The van der Waals surface area contributed by atoms with E-state index >= 15 is 0 Å². The Hall–Kier alpha value is -2.01. The summed E-state index contributed by atoms with van der Waals surface area (Å²) >= 11 is 3.43. The third kappa shape index (κ3) is 6.71. The number of carbonyl (C=O) groups is 1. The van der Waals surface area contributed by atoms with Crippen LogP contribution in [0.3, 0.4) is 0 Å². The molecule has 0 spiro atoms. The normalized spacial score (nSPS) is 11.1. The summed E-state index contributed by atoms with van der Waals surface area (Å²) in [6.07, 6.45) is 0.387. The standard InChI is InChI=1S/C21H26BrNO3/c1-21(2,3)26-20(24)23(4)14-13-17-7-5-6-8-19(17)25-15-16-9-11-18(22)12-10-16/h5-12H,13-15H2,1-4H3. The van der Waals surface area contributed by atoms with Crippen LogP contribution in [-0.2, 0) is 17.8 Å². The molecule has 0 aliphatic heterocycles. The maximum Gasteiger partial charge on any atom is 0.410 e. The van der Waals surface area contributed by atoms with Gasteiger partial charge in [-0.1, -0.05) is 46.3 Å². The van der Waals surface area contributed by atoms with Crippen molar-refractivity contribution < 1.29 is 14.3 Å². The molecule has 0 atom stereocenters. The molecule has 0 heterocycles. The third-order valence-corrected chi connectivity index (χ3v) is 4.23. The van der Waals surface area contributed by atoms with Crippen molar-refractivity contribution in [2.45, 2.75) is 39.4 Å². The zero-order valence-corrected chi connectivity index (χ0v) is 17.4. The lowest BCUT2D eigenvalue weighted by atomic mass is 10.1. The van der Waals surface area contributed by atoms with Crippen LogP contribution in [0.15, 0.2) is 53.0 Å². The van der Waals surface area contributed by atoms with Gasteiger partial charge in [0.2, 0.25) is 0 Å². The number of amides is 1. The molecule has 0 aliphatic carbocycles. The Labute approximate surface area is 164 Å². The first-order valence-electron chi connectivity index (χ1n) is 8.64. The van der Waals surface area contributed by atoms with E-state index in [1.807, 2.05) is 69.3 Å². The van der Waals surface area contributed by atoms with Crippen LogP contribution in [0.2, 0.25) is 0 Å². The highest BCUT2D eigenvalue weighted by molar-refractivity contribution is 9.10. The Morgan fingerprint density at radius 3 is 2.38 bits per heavy atom. The number of carbonyl (C=O) groups excluding carboxylic acids is 1. The van der Waals surface area contributed by atoms with E-state index in [1.54, 1.807) is 11.9 Å². The first-order valence-corrected chi connectivity index (χ1v) is 9.43. The molecule has 0 N–H and O–H groups in total. The second kappa shape index (κ2) is 9.08. The molecule has 4 nitrogen and oxygen atoms in total. The van der Waals surface area contributed by atoms with Crippen molar-refractivity contribution in [1.82, 2.24) is 4.90 Å². The Kier molecular flexibility index (Phi) is 7.09. The summed E-state index contributed by atoms with van der Waals surface area (Å²) < 4.78 is 12.4. The van der Waals surface area contributed by atoms with E-state index in [4.69, 9.17) is 9.47 Å². The van der Waals surface area contributed by atoms with Crippen LogP contribution in [0.25, 0.3) is 0 Å². The first-order chi connectivity index (χ1) is 12.2. The van der Waals surface area contributed by atoms with Gasteiger partial charge in [0, 0.05) is 18.1 Å². The van der Waals surface area contributed by atoms with E-state index in [1.165, 1.54) is 0 Å². The van der Waals surface area contributed by atoms with Gasteiger partial charge in [-0.05, 0) is 56.5 Å². The molecule has 0 saturated carbocycles. The average molecular weight is 420 g/mol. The molecule has 2 rings (SSSR count). The van der Waals surface area contributed by atoms with Gasteiger partial charge in [-0.2, -0.15) is 0 Å². The van der Waals surface area contributed by atoms with E-state index in [-0.39, 0.29) is 6.09 Å². The van der Waals surface area contributed by atoms with Crippen LogP contribution in [0.1, 0.15) is 31.9 Å². The number of hydrogen-bond donors (Lipinski definition) is 0. The molecule has 2 aromatic carbocycles. The van der Waals surface area contributed by atoms with Crippen LogP contribution < -0.4 is 4.74 Å². The number of benzene rings is 2. The number of para-hydroxylation sites is 1. The van der Waals surface area contributed by atoms with Gasteiger partial charge in [-0.15, -0.1) is 0 Å². The summed E-state index contributed by atoms with van der Waals surface area (Å²) in [4.78, 5) is 13.7. The summed E-state index contributed by atoms with van der Waals surface area (Å²) in [7, 11) is 1.75. The molecule has 0 bridgehead atoms. The van der Waals surface area contributed by atoms with E-state index in [9.17, 15) is 4.79 Å². The second-order valence-corrected chi connectivity index (χ2v) is 8.09. The van der Waals surface area contributed by atoms with Gasteiger partial charge in [0.05, 0.1) is 0 Å². The highest BCUT2D eigenvalue weighted by Gasteiger charge is 2.19. The molecule has 0 aliphatic rings. The minimum Gasteiger partial charge on any atom is -0.489 e.